The second kappa shape index (κ2) is 11.6. The predicted molar refractivity (Wildman–Crippen MR) is 98.0 cm³/mol. The Morgan fingerprint density at radius 1 is 1.17 bits per heavy atom. The van der Waals surface area contributed by atoms with Crippen molar-refractivity contribution in [3.63, 3.8) is 0 Å². The van der Waals surface area contributed by atoms with Gasteiger partial charge in [-0.15, -0.1) is 0 Å². The highest BCUT2D eigenvalue weighted by Gasteiger charge is 2.07. The molecular weight excluding hydrogens is 314 g/mol. The number of benzene rings is 1. The molecule has 1 unspecified atom stereocenters. The Kier molecular flexibility index (Phi) is 10.1. The molecule has 1 aromatic rings. The zero-order valence-electron chi connectivity index (χ0n) is 14.5. The van der Waals surface area contributed by atoms with E-state index in [1.807, 2.05) is 6.92 Å². The minimum atomic E-state index is -0.608. The average molecular weight is 343 g/mol. The Morgan fingerprint density at radius 2 is 1.83 bits per heavy atom. The van der Waals surface area contributed by atoms with Crippen molar-refractivity contribution in [1.29, 1.82) is 0 Å². The number of hydrogen-bond donors (Lipinski definition) is 2. The Morgan fingerprint density at radius 3 is 2.35 bits per heavy atom. The smallest absolute Gasteiger partial charge is 0.0770 e. The minimum Gasteiger partial charge on any atom is -0.396 e. The van der Waals surface area contributed by atoms with Gasteiger partial charge in [0.05, 0.1) is 31.9 Å². The van der Waals surface area contributed by atoms with E-state index in [1.165, 1.54) is 5.56 Å². The van der Waals surface area contributed by atoms with Crippen LogP contribution >= 0.6 is 11.0 Å². The monoisotopic (exact) mass is 343 g/mol. The first-order valence-corrected chi connectivity index (χ1v) is 8.82. The van der Waals surface area contributed by atoms with Crippen LogP contribution in [0.4, 0.5) is 5.69 Å². The molecule has 0 aliphatic rings. The van der Waals surface area contributed by atoms with Gasteiger partial charge in [0.15, 0.2) is 0 Å². The summed E-state index contributed by atoms with van der Waals surface area (Å²) in [5.41, 5.74) is 2.33. The molecule has 0 fully saturated rings. The van der Waals surface area contributed by atoms with E-state index in [9.17, 15) is 0 Å². The molecule has 0 saturated heterocycles. The first kappa shape index (κ1) is 20.1. The first-order chi connectivity index (χ1) is 11.1. The number of methoxy groups -OCH3 is 1. The van der Waals surface area contributed by atoms with Gasteiger partial charge in [-0.25, -0.2) is 0 Å². The molecule has 6 heteroatoms. The van der Waals surface area contributed by atoms with Gasteiger partial charge in [-0.2, -0.15) is 0 Å². The Labute approximate surface area is 142 Å². The summed E-state index contributed by atoms with van der Waals surface area (Å²) in [6, 6.07) is 8.38. The molecule has 2 N–H and O–H groups in total. The van der Waals surface area contributed by atoms with Crippen molar-refractivity contribution in [2.45, 2.75) is 19.8 Å². The van der Waals surface area contributed by atoms with Crippen LogP contribution in [0.5, 0.6) is 0 Å². The highest BCUT2D eigenvalue weighted by Crippen LogP contribution is 2.20. The molecule has 23 heavy (non-hydrogen) atoms. The lowest BCUT2D eigenvalue weighted by molar-refractivity contribution is 0.244. The lowest BCUT2D eigenvalue weighted by atomic mass is 10.1. The van der Waals surface area contributed by atoms with Crippen LogP contribution in [0.25, 0.3) is 0 Å². The first-order valence-electron chi connectivity index (χ1n) is 7.75. The third-order valence-electron chi connectivity index (χ3n) is 3.46. The summed E-state index contributed by atoms with van der Waals surface area (Å²) in [6.07, 6.45) is 1.79. The predicted octanol–water partition coefficient (Wildman–Crippen LogP) is 2.87. The Hall–Kier alpha value is -0.920. The van der Waals surface area contributed by atoms with Crippen molar-refractivity contribution in [3.8, 4) is 0 Å². The van der Waals surface area contributed by atoms with Crippen LogP contribution in [0, 0.1) is 5.92 Å². The fraction of sp³-hybridized carbons (Fsp3) is 0.588. The molecule has 0 heterocycles. The van der Waals surface area contributed by atoms with Crippen molar-refractivity contribution >= 4 is 21.6 Å². The molecule has 0 radical (unpaired) electrons. The summed E-state index contributed by atoms with van der Waals surface area (Å²) in [7, 11) is 4.98. The van der Waals surface area contributed by atoms with Gasteiger partial charge in [0.1, 0.15) is 0 Å². The maximum atomic E-state index is 9.04. The largest absolute Gasteiger partial charge is 0.396 e. The van der Waals surface area contributed by atoms with Gasteiger partial charge in [0, 0.05) is 30.8 Å². The van der Waals surface area contributed by atoms with Gasteiger partial charge in [0.25, 0.3) is 0 Å². The number of rotatable bonds is 11. The summed E-state index contributed by atoms with van der Waals surface area (Å²) >= 11 is -0.608. The van der Waals surface area contributed by atoms with Crippen LogP contribution in [-0.2, 0) is 19.5 Å². The van der Waals surface area contributed by atoms with Crippen LogP contribution in [-0.4, -0.2) is 51.1 Å². The third-order valence-corrected chi connectivity index (χ3v) is 4.86. The molecule has 0 spiro atoms. The number of ether oxygens (including phenoxy) is 1. The number of anilines is 1. The molecule has 1 aromatic carbocycles. The summed E-state index contributed by atoms with van der Waals surface area (Å²) in [6.45, 7) is 3.52. The summed E-state index contributed by atoms with van der Waals surface area (Å²) in [5, 5.41) is 12.4. The molecule has 1 atom stereocenters. The molecule has 0 bridgehead atoms. The number of aryl methyl sites for hydroxylation is 1. The van der Waals surface area contributed by atoms with E-state index >= 15 is 0 Å². The van der Waals surface area contributed by atoms with E-state index in [-0.39, 0.29) is 12.5 Å². The molecule has 132 valence electrons. The maximum Gasteiger partial charge on any atom is 0.0770 e. The molecule has 0 aliphatic heterocycles. The van der Waals surface area contributed by atoms with Crippen LogP contribution in [0.3, 0.4) is 0 Å². The lowest BCUT2D eigenvalue weighted by Crippen LogP contribution is -2.14. The highest BCUT2D eigenvalue weighted by atomic mass is 32.2. The minimum absolute atomic E-state index is 0.199. The standard InChI is InChI=1S/C17H29NO4S/c1-14(12-19)11-18-16-8-5-15(6-9-16)7-10-17(13-20-2)23(21-3)22-4/h5-6,8-9,14,18-19H,7,10-13H2,1-4H3. The fourth-order valence-electron chi connectivity index (χ4n) is 2.10. The van der Waals surface area contributed by atoms with E-state index in [0.29, 0.717) is 6.61 Å². The number of aliphatic hydroxyl groups excluding tert-OH is 1. The zero-order valence-corrected chi connectivity index (χ0v) is 15.3. The van der Waals surface area contributed by atoms with Gasteiger partial charge >= 0.3 is 0 Å². The van der Waals surface area contributed by atoms with Crippen molar-refractivity contribution in [1.82, 2.24) is 0 Å². The van der Waals surface area contributed by atoms with Gasteiger partial charge in [-0.1, -0.05) is 19.1 Å². The lowest BCUT2D eigenvalue weighted by Gasteiger charge is -2.13. The van der Waals surface area contributed by atoms with E-state index in [4.69, 9.17) is 18.2 Å². The van der Waals surface area contributed by atoms with E-state index in [0.717, 1.165) is 29.9 Å². The van der Waals surface area contributed by atoms with Gasteiger partial charge in [-0.05, 0) is 36.5 Å². The second-order valence-corrected chi connectivity index (χ2v) is 7.12. The van der Waals surface area contributed by atoms with E-state index in [2.05, 4.69) is 29.6 Å². The van der Waals surface area contributed by atoms with E-state index < -0.39 is 11.0 Å². The maximum absolute atomic E-state index is 9.04. The number of aliphatic hydroxyl groups is 1. The molecule has 0 aromatic heterocycles. The molecule has 1 rings (SSSR count). The van der Waals surface area contributed by atoms with Crippen LogP contribution in [0.1, 0.15) is 18.9 Å². The molecule has 0 aliphatic carbocycles. The SMILES string of the molecule is COCC(CCc1ccc(NCC(C)CO)cc1)=S(OC)OC. The van der Waals surface area contributed by atoms with Crippen molar-refractivity contribution in [3.05, 3.63) is 29.8 Å². The van der Waals surface area contributed by atoms with Crippen molar-refractivity contribution in [2.75, 3.05) is 46.4 Å². The molecule has 5 nitrogen and oxygen atoms in total. The Bertz CT molecular complexity index is 470. The average Bonchev–Trinajstić information content (AvgIpc) is 2.59. The summed E-state index contributed by atoms with van der Waals surface area (Å²) < 4.78 is 15.9. The van der Waals surface area contributed by atoms with Gasteiger partial charge in [0.2, 0.25) is 0 Å². The fourth-order valence-corrected chi connectivity index (χ4v) is 3.19. The zero-order chi connectivity index (χ0) is 17.1. The number of hydrogen-bond acceptors (Lipinski definition) is 5. The van der Waals surface area contributed by atoms with Crippen molar-refractivity contribution < 1.29 is 18.2 Å². The molecule has 0 saturated carbocycles. The van der Waals surface area contributed by atoms with Crippen LogP contribution in [0.2, 0.25) is 0 Å². The van der Waals surface area contributed by atoms with Gasteiger partial charge < -0.3 is 23.5 Å². The summed E-state index contributed by atoms with van der Waals surface area (Å²) in [5.74, 6) is 0.252. The van der Waals surface area contributed by atoms with Crippen LogP contribution in [0.15, 0.2) is 24.3 Å². The number of nitrogens with one attached hydrogen (secondary N) is 1. The van der Waals surface area contributed by atoms with E-state index in [1.54, 1.807) is 21.3 Å². The normalized spacial score (nSPS) is 12.4. The third kappa shape index (κ3) is 7.46. The Balaban J connectivity index is 2.58. The quantitative estimate of drug-likeness (QED) is 0.605. The molecular formula is C17H29NO4S. The van der Waals surface area contributed by atoms with Crippen LogP contribution < -0.4 is 5.32 Å². The topological polar surface area (TPSA) is 60.0 Å². The highest BCUT2D eigenvalue weighted by molar-refractivity contribution is 8.07. The molecule has 0 amide bonds. The second-order valence-electron chi connectivity index (χ2n) is 5.41. The van der Waals surface area contributed by atoms with Gasteiger partial charge in [-0.3, -0.25) is 0 Å². The van der Waals surface area contributed by atoms with Crippen molar-refractivity contribution in [2.24, 2.45) is 5.92 Å². The summed E-state index contributed by atoms with van der Waals surface area (Å²) in [4.78, 5) is 1.12.